The van der Waals surface area contributed by atoms with Crippen LogP contribution in [0.25, 0.3) is 0 Å². The van der Waals surface area contributed by atoms with Crippen LogP contribution in [-0.4, -0.2) is 30.4 Å². The summed E-state index contributed by atoms with van der Waals surface area (Å²) in [5.41, 5.74) is 7.64. The lowest BCUT2D eigenvalue weighted by atomic mass is 9.94. The number of nitrogens with zero attached hydrogens (tertiary/aromatic N) is 1. The standard InChI is InChI=1S/C18H25BrN2O/c1-21(17(22)11-13-3-2-4-16(13)20)12-18(9-10-18)14-5-7-15(19)8-6-14/h5-8,13,16H,2-4,9-12,20H2,1H3/t13-,16+/m0/s1. The van der Waals surface area contributed by atoms with E-state index >= 15 is 0 Å². The van der Waals surface area contributed by atoms with Crippen molar-refractivity contribution in [3.05, 3.63) is 34.3 Å². The minimum absolute atomic E-state index is 0.183. The third kappa shape index (κ3) is 3.38. The second-order valence-electron chi connectivity index (χ2n) is 7.10. The van der Waals surface area contributed by atoms with Gasteiger partial charge in [0.05, 0.1) is 0 Å². The van der Waals surface area contributed by atoms with E-state index in [0.717, 1.165) is 23.9 Å². The lowest BCUT2D eigenvalue weighted by Crippen LogP contribution is -2.37. The molecule has 0 bridgehead atoms. The fourth-order valence-electron chi connectivity index (χ4n) is 3.73. The number of nitrogens with two attached hydrogens (primary N) is 1. The summed E-state index contributed by atoms with van der Waals surface area (Å²) in [5.74, 6) is 0.642. The molecule has 3 nitrogen and oxygen atoms in total. The zero-order valence-corrected chi connectivity index (χ0v) is 14.8. The van der Waals surface area contributed by atoms with Gasteiger partial charge >= 0.3 is 0 Å². The van der Waals surface area contributed by atoms with E-state index in [-0.39, 0.29) is 17.4 Å². The summed E-state index contributed by atoms with van der Waals surface area (Å²) in [6.07, 6.45) is 6.33. The smallest absolute Gasteiger partial charge is 0.222 e. The van der Waals surface area contributed by atoms with E-state index in [1.54, 1.807) is 0 Å². The first-order valence-corrected chi connectivity index (χ1v) is 9.05. The highest BCUT2D eigenvalue weighted by atomic mass is 79.9. The topological polar surface area (TPSA) is 46.3 Å². The van der Waals surface area contributed by atoms with Crippen LogP contribution in [0.2, 0.25) is 0 Å². The van der Waals surface area contributed by atoms with Crippen molar-refractivity contribution in [3.63, 3.8) is 0 Å². The second kappa shape index (κ2) is 6.32. The van der Waals surface area contributed by atoms with Gasteiger partial charge in [-0.15, -0.1) is 0 Å². The third-order valence-corrected chi connectivity index (χ3v) is 5.96. The van der Waals surface area contributed by atoms with Crippen molar-refractivity contribution >= 4 is 21.8 Å². The number of carbonyl (C=O) groups excluding carboxylic acids is 1. The Labute approximate surface area is 141 Å². The average molecular weight is 365 g/mol. The monoisotopic (exact) mass is 364 g/mol. The van der Waals surface area contributed by atoms with Gasteiger partial charge in [0, 0.05) is 35.9 Å². The number of carbonyl (C=O) groups is 1. The van der Waals surface area contributed by atoms with E-state index in [1.165, 1.54) is 24.8 Å². The molecule has 1 aromatic rings. The maximum absolute atomic E-state index is 12.5. The van der Waals surface area contributed by atoms with Crippen LogP contribution in [0.15, 0.2) is 28.7 Å². The summed E-state index contributed by atoms with van der Waals surface area (Å²) in [4.78, 5) is 14.4. The highest BCUT2D eigenvalue weighted by Gasteiger charge is 2.45. The number of benzene rings is 1. The molecule has 2 atom stereocenters. The van der Waals surface area contributed by atoms with Crippen molar-refractivity contribution in [2.75, 3.05) is 13.6 Å². The van der Waals surface area contributed by atoms with Gasteiger partial charge in [-0.1, -0.05) is 34.5 Å². The molecule has 2 aliphatic rings. The van der Waals surface area contributed by atoms with Crippen LogP contribution in [0.3, 0.4) is 0 Å². The minimum Gasteiger partial charge on any atom is -0.345 e. The van der Waals surface area contributed by atoms with Crippen LogP contribution >= 0.6 is 15.9 Å². The number of amides is 1. The van der Waals surface area contributed by atoms with E-state index in [0.29, 0.717) is 12.3 Å². The molecule has 0 radical (unpaired) electrons. The number of hydrogen-bond donors (Lipinski definition) is 1. The van der Waals surface area contributed by atoms with Gasteiger partial charge in [0.25, 0.3) is 0 Å². The van der Waals surface area contributed by atoms with Gasteiger partial charge in [-0.3, -0.25) is 4.79 Å². The molecule has 1 amide bonds. The minimum atomic E-state index is 0.183. The Morgan fingerprint density at radius 1 is 1.32 bits per heavy atom. The quantitative estimate of drug-likeness (QED) is 0.869. The third-order valence-electron chi connectivity index (χ3n) is 5.43. The summed E-state index contributed by atoms with van der Waals surface area (Å²) >= 11 is 3.48. The molecule has 0 spiro atoms. The van der Waals surface area contributed by atoms with Crippen molar-refractivity contribution in [1.29, 1.82) is 0 Å². The zero-order valence-electron chi connectivity index (χ0n) is 13.2. The predicted octanol–water partition coefficient (Wildman–Crippen LogP) is 3.46. The second-order valence-corrected chi connectivity index (χ2v) is 8.01. The van der Waals surface area contributed by atoms with E-state index in [9.17, 15) is 4.79 Å². The molecular weight excluding hydrogens is 340 g/mol. The van der Waals surface area contributed by atoms with Crippen LogP contribution in [0.5, 0.6) is 0 Å². The lowest BCUT2D eigenvalue weighted by Gasteiger charge is -2.26. The Morgan fingerprint density at radius 3 is 2.55 bits per heavy atom. The molecular formula is C18H25BrN2O. The summed E-state index contributed by atoms with van der Waals surface area (Å²) in [6.45, 7) is 0.829. The van der Waals surface area contributed by atoms with Crippen molar-refractivity contribution in [2.24, 2.45) is 11.7 Å². The Bertz CT molecular complexity index is 539. The zero-order chi connectivity index (χ0) is 15.7. The average Bonchev–Trinajstić information content (AvgIpc) is 3.16. The molecule has 2 saturated carbocycles. The number of halogens is 1. The molecule has 4 heteroatoms. The van der Waals surface area contributed by atoms with E-state index in [4.69, 9.17) is 5.73 Å². The van der Waals surface area contributed by atoms with Gasteiger partial charge in [-0.2, -0.15) is 0 Å². The van der Waals surface area contributed by atoms with Gasteiger partial charge in [-0.05, 0) is 49.3 Å². The summed E-state index contributed by atoms with van der Waals surface area (Å²) in [7, 11) is 1.95. The highest BCUT2D eigenvalue weighted by Crippen LogP contribution is 2.48. The Kier molecular flexibility index (Phi) is 4.60. The molecule has 3 rings (SSSR count). The first-order valence-electron chi connectivity index (χ1n) is 8.26. The van der Waals surface area contributed by atoms with Gasteiger partial charge in [0.1, 0.15) is 0 Å². The van der Waals surface area contributed by atoms with Crippen molar-refractivity contribution < 1.29 is 4.79 Å². The molecule has 1 aromatic carbocycles. The van der Waals surface area contributed by atoms with Crippen molar-refractivity contribution in [1.82, 2.24) is 4.90 Å². The Morgan fingerprint density at radius 2 is 2.00 bits per heavy atom. The number of hydrogen-bond acceptors (Lipinski definition) is 2. The predicted molar refractivity (Wildman–Crippen MR) is 92.6 cm³/mol. The van der Waals surface area contributed by atoms with E-state index in [2.05, 4.69) is 40.2 Å². The fraction of sp³-hybridized carbons (Fsp3) is 0.611. The van der Waals surface area contributed by atoms with Gasteiger partial charge in [0.15, 0.2) is 0 Å². The number of likely N-dealkylation sites (N-methyl/N-ethyl adjacent to an activating group) is 1. The summed E-state index contributed by atoms with van der Waals surface area (Å²) < 4.78 is 1.10. The molecule has 0 unspecified atom stereocenters. The molecule has 2 aliphatic carbocycles. The molecule has 2 N–H and O–H groups in total. The van der Waals surface area contributed by atoms with Gasteiger partial charge < -0.3 is 10.6 Å². The Hall–Kier alpha value is -0.870. The normalized spacial score (nSPS) is 26.0. The maximum Gasteiger partial charge on any atom is 0.222 e. The molecule has 2 fully saturated rings. The molecule has 0 aliphatic heterocycles. The van der Waals surface area contributed by atoms with Crippen LogP contribution in [0.4, 0.5) is 0 Å². The highest BCUT2D eigenvalue weighted by molar-refractivity contribution is 9.10. The number of rotatable bonds is 5. The van der Waals surface area contributed by atoms with Gasteiger partial charge in [-0.25, -0.2) is 0 Å². The fourth-order valence-corrected chi connectivity index (χ4v) is 4.00. The van der Waals surface area contributed by atoms with E-state index in [1.807, 2.05) is 11.9 Å². The van der Waals surface area contributed by atoms with Crippen molar-refractivity contribution in [3.8, 4) is 0 Å². The molecule has 120 valence electrons. The SMILES string of the molecule is CN(CC1(c2ccc(Br)cc2)CC1)C(=O)C[C@@H]1CCC[C@H]1N. The Balaban J connectivity index is 1.60. The van der Waals surface area contributed by atoms with E-state index < -0.39 is 0 Å². The summed E-state index contributed by atoms with van der Waals surface area (Å²) in [6, 6.07) is 8.77. The van der Waals surface area contributed by atoms with Crippen LogP contribution < -0.4 is 5.73 Å². The lowest BCUT2D eigenvalue weighted by molar-refractivity contribution is -0.131. The summed E-state index contributed by atoms with van der Waals surface area (Å²) in [5, 5.41) is 0. The molecule has 0 saturated heterocycles. The van der Waals surface area contributed by atoms with Gasteiger partial charge in [0.2, 0.25) is 5.91 Å². The first-order chi connectivity index (χ1) is 10.5. The molecule has 22 heavy (non-hydrogen) atoms. The van der Waals surface area contributed by atoms with Crippen LogP contribution in [0, 0.1) is 5.92 Å². The first kappa shape index (κ1) is 16.0. The van der Waals surface area contributed by atoms with Crippen LogP contribution in [0.1, 0.15) is 44.1 Å². The van der Waals surface area contributed by atoms with Crippen molar-refractivity contribution in [2.45, 2.75) is 50.0 Å². The maximum atomic E-state index is 12.5. The molecule has 0 heterocycles. The van der Waals surface area contributed by atoms with Crippen LogP contribution in [-0.2, 0) is 10.2 Å². The molecule has 0 aromatic heterocycles. The largest absolute Gasteiger partial charge is 0.345 e.